The van der Waals surface area contributed by atoms with Gasteiger partial charge in [-0.2, -0.15) is 0 Å². The van der Waals surface area contributed by atoms with E-state index in [2.05, 4.69) is 6.08 Å². The molecular formula is C11H9O. The molecule has 1 radical (unpaired) electrons. The SMILES string of the molecule is C/C=[C]/c1cc2ccccc2o1. The molecule has 1 aromatic carbocycles. The molecule has 0 fully saturated rings. The van der Waals surface area contributed by atoms with Gasteiger partial charge in [0.15, 0.2) is 0 Å². The fourth-order valence-electron chi connectivity index (χ4n) is 1.20. The molecule has 2 rings (SSSR count). The average molecular weight is 157 g/mol. The topological polar surface area (TPSA) is 13.1 Å². The summed E-state index contributed by atoms with van der Waals surface area (Å²) in [6.07, 6.45) is 4.85. The van der Waals surface area contributed by atoms with Gasteiger partial charge in [-0.05, 0) is 19.1 Å². The molecule has 0 saturated carbocycles. The highest BCUT2D eigenvalue weighted by Gasteiger charge is 1.98. The highest BCUT2D eigenvalue weighted by molar-refractivity contribution is 5.77. The molecule has 0 aliphatic rings. The van der Waals surface area contributed by atoms with Crippen LogP contribution in [0.15, 0.2) is 40.8 Å². The third-order valence-corrected chi connectivity index (χ3v) is 1.71. The number of hydrogen-bond acceptors (Lipinski definition) is 1. The Morgan fingerprint density at radius 1 is 1.33 bits per heavy atom. The molecule has 0 aliphatic carbocycles. The van der Waals surface area contributed by atoms with Crippen molar-refractivity contribution in [3.8, 4) is 0 Å². The van der Waals surface area contributed by atoms with Crippen LogP contribution in [0.1, 0.15) is 12.7 Å². The maximum atomic E-state index is 5.47. The molecule has 0 unspecified atom stereocenters. The van der Waals surface area contributed by atoms with Crippen LogP contribution in [0.25, 0.3) is 11.0 Å². The second-order valence-electron chi connectivity index (χ2n) is 2.58. The largest absolute Gasteiger partial charge is 0.456 e. The molecule has 0 N–H and O–H groups in total. The average Bonchev–Trinajstić information content (AvgIpc) is 2.47. The second kappa shape index (κ2) is 2.86. The summed E-state index contributed by atoms with van der Waals surface area (Å²) in [5.41, 5.74) is 0.918. The molecule has 2 aromatic rings. The van der Waals surface area contributed by atoms with E-state index >= 15 is 0 Å². The highest BCUT2D eigenvalue weighted by Crippen LogP contribution is 2.18. The number of fused-ring (bicyclic) bond motifs is 1. The molecule has 12 heavy (non-hydrogen) atoms. The molecule has 0 saturated heterocycles. The maximum Gasteiger partial charge on any atom is 0.135 e. The van der Waals surface area contributed by atoms with Gasteiger partial charge >= 0.3 is 0 Å². The van der Waals surface area contributed by atoms with Gasteiger partial charge in [0.2, 0.25) is 0 Å². The molecule has 1 heteroatoms. The van der Waals surface area contributed by atoms with Gasteiger partial charge in [0.05, 0.1) is 0 Å². The first-order chi connectivity index (χ1) is 5.90. The third-order valence-electron chi connectivity index (χ3n) is 1.71. The number of para-hydroxylation sites is 1. The van der Waals surface area contributed by atoms with Crippen molar-refractivity contribution in [2.24, 2.45) is 0 Å². The fraction of sp³-hybridized carbons (Fsp3) is 0.0909. The lowest BCUT2D eigenvalue weighted by Gasteiger charge is -1.82. The van der Waals surface area contributed by atoms with Crippen LogP contribution in [0, 0.1) is 6.08 Å². The summed E-state index contributed by atoms with van der Waals surface area (Å²) in [6, 6.07) is 9.92. The summed E-state index contributed by atoms with van der Waals surface area (Å²) in [5.74, 6) is 0.790. The predicted molar refractivity (Wildman–Crippen MR) is 48.8 cm³/mol. The first kappa shape index (κ1) is 7.17. The number of allylic oxidation sites excluding steroid dienone is 1. The van der Waals surface area contributed by atoms with Gasteiger partial charge in [0.25, 0.3) is 0 Å². The molecule has 0 aliphatic heterocycles. The minimum absolute atomic E-state index is 0.790. The Labute approximate surface area is 71.3 Å². The van der Waals surface area contributed by atoms with Gasteiger partial charge in [0.1, 0.15) is 11.3 Å². The van der Waals surface area contributed by atoms with Crippen LogP contribution in [-0.4, -0.2) is 0 Å². The monoisotopic (exact) mass is 157 g/mol. The van der Waals surface area contributed by atoms with Crippen LogP contribution in [0.4, 0.5) is 0 Å². The Morgan fingerprint density at radius 2 is 2.17 bits per heavy atom. The van der Waals surface area contributed by atoms with E-state index in [1.165, 1.54) is 0 Å². The van der Waals surface area contributed by atoms with Crippen LogP contribution >= 0.6 is 0 Å². The first-order valence-corrected chi connectivity index (χ1v) is 3.93. The predicted octanol–water partition coefficient (Wildman–Crippen LogP) is 3.16. The quantitative estimate of drug-likeness (QED) is 0.619. The molecule has 1 nitrogen and oxygen atoms in total. The molecule has 0 atom stereocenters. The smallest absolute Gasteiger partial charge is 0.135 e. The van der Waals surface area contributed by atoms with Crippen molar-refractivity contribution in [2.75, 3.05) is 0 Å². The Kier molecular flexibility index (Phi) is 1.71. The van der Waals surface area contributed by atoms with E-state index in [0.29, 0.717) is 0 Å². The van der Waals surface area contributed by atoms with Gasteiger partial charge in [-0.3, -0.25) is 0 Å². The van der Waals surface area contributed by atoms with Crippen molar-refractivity contribution in [3.63, 3.8) is 0 Å². The molecule has 59 valence electrons. The van der Waals surface area contributed by atoms with E-state index in [4.69, 9.17) is 4.42 Å². The van der Waals surface area contributed by atoms with Gasteiger partial charge in [-0.1, -0.05) is 24.3 Å². The lowest BCUT2D eigenvalue weighted by molar-refractivity contribution is 0.592. The number of furan rings is 1. The van der Waals surface area contributed by atoms with E-state index < -0.39 is 0 Å². The summed E-state index contributed by atoms with van der Waals surface area (Å²) in [7, 11) is 0. The molecule has 0 spiro atoms. The molecule has 1 heterocycles. The molecule has 0 amide bonds. The zero-order valence-corrected chi connectivity index (χ0v) is 6.87. The zero-order valence-electron chi connectivity index (χ0n) is 6.87. The van der Waals surface area contributed by atoms with Gasteiger partial charge in [-0.25, -0.2) is 0 Å². The summed E-state index contributed by atoms with van der Waals surface area (Å²) in [5, 5.41) is 1.13. The minimum atomic E-state index is 0.790. The van der Waals surface area contributed by atoms with E-state index in [9.17, 15) is 0 Å². The molecular weight excluding hydrogens is 148 g/mol. The molecule has 1 aromatic heterocycles. The van der Waals surface area contributed by atoms with Crippen molar-refractivity contribution in [2.45, 2.75) is 6.92 Å². The van der Waals surface area contributed by atoms with Gasteiger partial charge in [0, 0.05) is 11.5 Å². The number of benzene rings is 1. The van der Waals surface area contributed by atoms with Crippen molar-refractivity contribution in [1.29, 1.82) is 0 Å². The Morgan fingerprint density at radius 3 is 2.92 bits per heavy atom. The van der Waals surface area contributed by atoms with E-state index in [-0.39, 0.29) is 0 Å². The number of rotatable bonds is 1. The highest BCUT2D eigenvalue weighted by atomic mass is 16.3. The maximum absolute atomic E-state index is 5.47. The third kappa shape index (κ3) is 1.14. The van der Waals surface area contributed by atoms with Crippen LogP contribution in [0.2, 0.25) is 0 Å². The molecule has 0 bridgehead atoms. The second-order valence-corrected chi connectivity index (χ2v) is 2.58. The van der Waals surface area contributed by atoms with Gasteiger partial charge in [-0.15, -0.1) is 0 Å². The first-order valence-electron chi connectivity index (χ1n) is 3.93. The Hall–Kier alpha value is -1.50. The minimum Gasteiger partial charge on any atom is -0.456 e. The van der Waals surface area contributed by atoms with Crippen molar-refractivity contribution in [1.82, 2.24) is 0 Å². The summed E-state index contributed by atoms with van der Waals surface area (Å²) in [4.78, 5) is 0. The van der Waals surface area contributed by atoms with Gasteiger partial charge < -0.3 is 4.42 Å². The van der Waals surface area contributed by atoms with Crippen molar-refractivity contribution in [3.05, 3.63) is 48.2 Å². The van der Waals surface area contributed by atoms with Crippen LogP contribution < -0.4 is 0 Å². The van der Waals surface area contributed by atoms with E-state index in [1.807, 2.05) is 43.3 Å². The van der Waals surface area contributed by atoms with Crippen LogP contribution in [-0.2, 0) is 0 Å². The van der Waals surface area contributed by atoms with E-state index in [1.54, 1.807) is 0 Å². The van der Waals surface area contributed by atoms with Crippen LogP contribution in [0.5, 0.6) is 0 Å². The normalized spacial score (nSPS) is 11.4. The van der Waals surface area contributed by atoms with E-state index in [0.717, 1.165) is 16.7 Å². The summed E-state index contributed by atoms with van der Waals surface area (Å²) >= 11 is 0. The lowest BCUT2D eigenvalue weighted by atomic mass is 10.2. The van der Waals surface area contributed by atoms with Crippen molar-refractivity contribution < 1.29 is 4.42 Å². The summed E-state index contributed by atoms with van der Waals surface area (Å²) in [6.45, 7) is 1.92. The van der Waals surface area contributed by atoms with Crippen LogP contribution in [0.3, 0.4) is 0 Å². The Balaban J connectivity index is 2.62. The van der Waals surface area contributed by atoms with Crippen molar-refractivity contribution >= 4 is 11.0 Å². The zero-order chi connectivity index (χ0) is 8.39. The lowest BCUT2D eigenvalue weighted by Crippen LogP contribution is -1.59. The number of hydrogen-bond donors (Lipinski definition) is 0. The Bertz CT molecular complexity index is 377. The standard InChI is InChI=1S/C11H9O/c1-2-5-10-8-9-6-3-4-7-11(9)12-10/h2-4,6-8H,1H3. The fourth-order valence-corrected chi connectivity index (χ4v) is 1.20. The summed E-state index contributed by atoms with van der Waals surface area (Å²) < 4.78 is 5.47.